The van der Waals surface area contributed by atoms with E-state index < -0.39 is 0 Å². The predicted molar refractivity (Wildman–Crippen MR) is 115 cm³/mol. The van der Waals surface area contributed by atoms with Crippen LogP contribution in [0.4, 0.5) is 0 Å². The average molecular weight is 358 g/mol. The maximum atomic E-state index is 4.93. The number of hydrogen-bond donors (Lipinski definition) is 1. The van der Waals surface area contributed by atoms with E-state index in [-0.39, 0.29) is 0 Å². The molecule has 0 bridgehead atoms. The van der Waals surface area contributed by atoms with Crippen molar-refractivity contribution in [1.82, 2.24) is 10.2 Å². The molecule has 3 heteroatoms. The highest BCUT2D eigenvalue weighted by molar-refractivity contribution is 6.08. The second kappa shape index (κ2) is 7.93. The van der Waals surface area contributed by atoms with Crippen LogP contribution in [0.1, 0.15) is 19.4 Å². The number of piperazine rings is 1. The zero-order valence-electron chi connectivity index (χ0n) is 16.2. The van der Waals surface area contributed by atoms with E-state index in [9.17, 15) is 0 Å². The van der Waals surface area contributed by atoms with Crippen LogP contribution < -0.4 is 5.32 Å². The lowest BCUT2D eigenvalue weighted by molar-refractivity contribution is 0.303. The quantitative estimate of drug-likeness (QED) is 0.549. The average Bonchev–Trinajstić information content (AvgIpc) is 2.72. The molecule has 27 heavy (non-hydrogen) atoms. The highest BCUT2D eigenvalue weighted by Gasteiger charge is 2.22. The number of hydrogen-bond acceptors (Lipinski definition) is 2. The molecule has 1 saturated heterocycles. The Kier molecular flexibility index (Phi) is 5.21. The molecule has 3 aromatic rings. The van der Waals surface area contributed by atoms with Crippen LogP contribution in [0.2, 0.25) is 0 Å². The van der Waals surface area contributed by atoms with Gasteiger partial charge < -0.3 is 10.2 Å². The number of nitrogens with one attached hydrogen (secondary N) is 1. The van der Waals surface area contributed by atoms with Crippen LogP contribution in [-0.4, -0.2) is 43.0 Å². The summed E-state index contributed by atoms with van der Waals surface area (Å²) in [6, 6.07) is 24.4. The summed E-state index contributed by atoms with van der Waals surface area (Å²) in [6.07, 6.45) is 0. The number of nitrogens with zero attached hydrogens (tertiary/aromatic N) is 2. The minimum atomic E-state index is 0.477. The highest BCUT2D eigenvalue weighted by Crippen LogP contribution is 2.32. The third-order valence-corrected chi connectivity index (χ3v) is 5.22. The molecule has 0 aliphatic carbocycles. The molecule has 1 fully saturated rings. The molecule has 1 atom stereocenters. The second-order valence-corrected chi connectivity index (χ2v) is 7.17. The van der Waals surface area contributed by atoms with E-state index in [4.69, 9.17) is 4.99 Å². The predicted octanol–water partition coefficient (Wildman–Crippen LogP) is 4.57. The minimum Gasteiger partial charge on any atom is -0.354 e. The Bertz CT molecular complexity index is 955. The Labute approximate surface area is 161 Å². The lowest BCUT2D eigenvalue weighted by Gasteiger charge is -2.35. The van der Waals surface area contributed by atoms with E-state index >= 15 is 0 Å². The van der Waals surface area contributed by atoms with Gasteiger partial charge in [0.25, 0.3) is 0 Å². The van der Waals surface area contributed by atoms with Crippen LogP contribution in [-0.2, 0) is 0 Å². The summed E-state index contributed by atoms with van der Waals surface area (Å²) in [7, 11) is 0. The van der Waals surface area contributed by atoms with E-state index in [0.29, 0.717) is 6.04 Å². The summed E-state index contributed by atoms with van der Waals surface area (Å²) in [5.74, 6) is 1.12. The molecule has 1 unspecified atom stereocenters. The van der Waals surface area contributed by atoms with Gasteiger partial charge in [0, 0.05) is 37.8 Å². The van der Waals surface area contributed by atoms with Gasteiger partial charge in [-0.15, -0.1) is 0 Å². The number of rotatable bonds is 3. The molecule has 1 heterocycles. The van der Waals surface area contributed by atoms with E-state index in [1.807, 2.05) is 0 Å². The number of benzene rings is 3. The third-order valence-electron chi connectivity index (χ3n) is 5.22. The number of aliphatic imine (C=N–C) groups is 1. The van der Waals surface area contributed by atoms with E-state index in [0.717, 1.165) is 32.0 Å². The van der Waals surface area contributed by atoms with Crippen LogP contribution in [0.5, 0.6) is 0 Å². The minimum absolute atomic E-state index is 0.477. The molecule has 1 N–H and O–H groups in total. The topological polar surface area (TPSA) is 27.6 Å². The molecule has 0 saturated carbocycles. The van der Waals surface area contributed by atoms with Crippen molar-refractivity contribution in [3.8, 4) is 11.1 Å². The molecule has 0 radical (unpaired) electrons. The fraction of sp³-hybridized carbons (Fsp3) is 0.292. The zero-order chi connectivity index (χ0) is 18.6. The largest absolute Gasteiger partial charge is 0.354 e. The zero-order valence-corrected chi connectivity index (χ0v) is 16.2. The fourth-order valence-corrected chi connectivity index (χ4v) is 4.00. The summed E-state index contributed by atoms with van der Waals surface area (Å²) in [5.41, 5.74) is 3.76. The normalized spacial score (nSPS) is 18.1. The van der Waals surface area contributed by atoms with Crippen LogP contribution in [0.3, 0.4) is 0 Å². The Morgan fingerprint density at radius 1 is 1.00 bits per heavy atom. The number of fused-ring (bicyclic) bond motifs is 1. The summed E-state index contributed by atoms with van der Waals surface area (Å²) < 4.78 is 0. The van der Waals surface area contributed by atoms with Crippen molar-refractivity contribution in [2.24, 2.45) is 4.99 Å². The summed E-state index contributed by atoms with van der Waals surface area (Å²) >= 11 is 0. The van der Waals surface area contributed by atoms with Gasteiger partial charge in [-0.05, 0) is 35.7 Å². The van der Waals surface area contributed by atoms with Gasteiger partial charge in [-0.3, -0.25) is 4.99 Å². The third kappa shape index (κ3) is 3.60. The summed E-state index contributed by atoms with van der Waals surface area (Å²) in [6.45, 7) is 8.13. The van der Waals surface area contributed by atoms with Gasteiger partial charge in [-0.2, -0.15) is 0 Å². The fourth-order valence-electron chi connectivity index (χ4n) is 4.00. The van der Waals surface area contributed by atoms with Crippen LogP contribution in [0, 0.1) is 0 Å². The monoisotopic (exact) mass is 357 g/mol. The summed E-state index contributed by atoms with van der Waals surface area (Å²) in [4.78, 5) is 7.37. The second-order valence-electron chi connectivity index (χ2n) is 7.17. The van der Waals surface area contributed by atoms with Crippen molar-refractivity contribution in [1.29, 1.82) is 0 Å². The van der Waals surface area contributed by atoms with Crippen molar-refractivity contribution in [3.63, 3.8) is 0 Å². The molecule has 1 aliphatic heterocycles. The van der Waals surface area contributed by atoms with Crippen molar-refractivity contribution in [3.05, 3.63) is 72.3 Å². The van der Waals surface area contributed by atoms with Crippen molar-refractivity contribution in [2.45, 2.75) is 19.9 Å². The standard InChI is InChI=1S/C24H27N3/c1-3-25-24(27-16-15-26-18(2)17-27)23-13-7-6-12-22(23)21-14-8-10-19-9-4-5-11-20(19)21/h4-14,18,26H,3,15-17H2,1-2H3. The van der Waals surface area contributed by atoms with Crippen molar-refractivity contribution < 1.29 is 0 Å². The van der Waals surface area contributed by atoms with E-state index in [2.05, 4.69) is 90.8 Å². The molecular formula is C24H27N3. The SMILES string of the molecule is CCN=C(c1ccccc1-c1cccc2ccccc12)N1CCNC(C)C1. The van der Waals surface area contributed by atoms with Gasteiger partial charge in [0.05, 0.1) is 0 Å². The van der Waals surface area contributed by atoms with E-state index in [1.54, 1.807) is 0 Å². The number of amidine groups is 1. The van der Waals surface area contributed by atoms with Crippen LogP contribution in [0.15, 0.2) is 71.7 Å². The molecule has 4 rings (SSSR count). The molecule has 3 nitrogen and oxygen atoms in total. The van der Waals surface area contributed by atoms with Crippen LogP contribution in [0.25, 0.3) is 21.9 Å². The van der Waals surface area contributed by atoms with Gasteiger partial charge in [0.15, 0.2) is 0 Å². The molecule has 0 aromatic heterocycles. The van der Waals surface area contributed by atoms with Gasteiger partial charge in [-0.25, -0.2) is 0 Å². The first kappa shape index (κ1) is 17.7. The maximum absolute atomic E-state index is 4.93. The van der Waals surface area contributed by atoms with Gasteiger partial charge >= 0.3 is 0 Å². The first-order valence-corrected chi connectivity index (χ1v) is 9.88. The van der Waals surface area contributed by atoms with Crippen molar-refractivity contribution in [2.75, 3.05) is 26.2 Å². The smallest absolute Gasteiger partial charge is 0.131 e. The van der Waals surface area contributed by atoms with Crippen molar-refractivity contribution >= 4 is 16.6 Å². The Morgan fingerprint density at radius 3 is 2.59 bits per heavy atom. The molecule has 3 aromatic carbocycles. The first-order valence-electron chi connectivity index (χ1n) is 9.88. The Balaban J connectivity index is 1.86. The van der Waals surface area contributed by atoms with Gasteiger partial charge in [0.2, 0.25) is 0 Å². The molecule has 0 spiro atoms. The first-order chi connectivity index (χ1) is 13.3. The van der Waals surface area contributed by atoms with Gasteiger partial charge in [0.1, 0.15) is 5.84 Å². The molecule has 0 amide bonds. The molecular weight excluding hydrogens is 330 g/mol. The maximum Gasteiger partial charge on any atom is 0.131 e. The van der Waals surface area contributed by atoms with E-state index in [1.165, 1.54) is 27.5 Å². The highest BCUT2D eigenvalue weighted by atomic mass is 15.2. The summed E-state index contributed by atoms with van der Waals surface area (Å²) in [5, 5.41) is 6.10. The Hall–Kier alpha value is -2.65. The Morgan fingerprint density at radius 2 is 1.74 bits per heavy atom. The molecule has 1 aliphatic rings. The van der Waals surface area contributed by atoms with Gasteiger partial charge in [-0.1, -0.05) is 66.7 Å². The lowest BCUT2D eigenvalue weighted by atomic mass is 9.93. The van der Waals surface area contributed by atoms with Crippen LogP contribution >= 0.6 is 0 Å². The molecule has 138 valence electrons. The lowest BCUT2D eigenvalue weighted by Crippen LogP contribution is -2.51.